The lowest BCUT2D eigenvalue weighted by atomic mass is 10.1. The van der Waals surface area contributed by atoms with Crippen molar-refractivity contribution in [3.63, 3.8) is 0 Å². The third kappa shape index (κ3) is 5.22. The van der Waals surface area contributed by atoms with E-state index in [1.165, 1.54) is 0 Å². The third-order valence-electron chi connectivity index (χ3n) is 3.09. The molecule has 0 unspecified atom stereocenters. The van der Waals surface area contributed by atoms with Crippen LogP contribution in [-0.2, 0) is 6.54 Å². The van der Waals surface area contributed by atoms with Crippen LogP contribution in [0.3, 0.4) is 0 Å². The number of ether oxygens (including phenoxy) is 2. The molecule has 0 fully saturated rings. The highest BCUT2D eigenvalue weighted by Gasteiger charge is 2.12. The van der Waals surface area contributed by atoms with Crippen molar-refractivity contribution in [1.82, 2.24) is 5.32 Å². The number of rotatable bonds is 9. The average molecular weight is 300 g/mol. The summed E-state index contributed by atoms with van der Waals surface area (Å²) in [5.41, 5.74) is 1.11. The summed E-state index contributed by atoms with van der Waals surface area (Å²) in [6.07, 6.45) is 2.04. The number of benzene rings is 1. The van der Waals surface area contributed by atoms with Crippen LogP contribution in [0.15, 0.2) is 12.1 Å². The maximum Gasteiger partial charge on any atom is 0.179 e. The minimum atomic E-state index is 0.486. The van der Waals surface area contributed by atoms with E-state index in [1.54, 1.807) is 0 Å². The first-order valence-corrected chi connectivity index (χ1v) is 7.81. The van der Waals surface area contributed by atoms with E-state index in [9.17, 15) is 0 Å². The van der Waals surface area contributed by atoms with Gasteiger partial charge in [0.2, 0.25) is 0 Å². The van der Waals surface area contributed by atoms with Crippen LogP contribution in [0.4, 0.5) is 0 Å². The first-order valence-electron chi connectivity index (χ1n) is 7.43. The Hall–Kier alpha value is -0.930. The fourth-order valence-corrected chi connectivity index (χ4v) is 2.05. The molecule has 0 spiro atoms. The van der Waals surface area contributed by atoms with Gasteiger partial charge in [0.05, 0.1) is 18.2 Å². The van der Waals surface area contributed by atoms with Crippen LogP contribution in [-0.4, -0.2) is 19.3 Å². The molecule has 20 heavy (non-hydrogen) atoms. The fraction of sp³-hybridized carbons (Fsp3) is 0.625. The Morgan fingerprint density at radius 1 is 1.20 bits per heavy atom. The van der Waals surface area contributed by atoms with Gasteiger partial charge in [-0.15, -0.1) is 0 Å². The van der Waals surface area contributed by atoms with Gasteiger partial charge in [-0.05, 0) is 44.4 Å². The summed E-state index contributed by atoms with van der Waals surface area (Å²) in [5.74, 6) is 1.39. The van der Waals surface area contributed by atoms with Crippen LogP contribution >= 0.6 is 11.6 Å². The maximum absolute atomic E-state index is 6.32. The number of hydrogen-bond acceptors (Lipinski definition) is 3. The summed E-state index contributed by atoms with van der Waals surface area (Å²) in [6, 6.07) is 4.44. The van der Waals surface area contributed by atoms with Crippen molar-refractivity contribution in [2.45, 2.75) is 53.1 Å². The molecule has 0 aliphatic heterocycles. The molecule has 0 heterocycles. The summed E-state index contributed by atoms with van der Waals surface area (Å²) in [7, 11) is 0. The molecule has 1 N–H and O–H groups in total. The highest BCUT2D eigenvalue weighted by molar-refractivity contribution is 6.32. The summed E-state index contributed by atoms with van der Waals surface area (Å²) in [6.45, 7) is 10.4. The van der Waals surface area contributed by atoms with Crippen LogP contribution in [0, 0.1) is 0 Å². The van der Waals surface area contributed by atoms with E-state index in [4.69, 9.17) is 21.1 Å². The molecule has 0 bridgehead atoms. The molecule has 0 aromatic heterocycles. The standard InChI is InChI=1S/C16H26ClNO2/c1-5-8-20-16-14(17)9-13(10-15(16)19-7-3)11-18-12(4)6-2/h9-10,12,18H,5-8,11H2,1-4H3/t12-/m0/s1. The predicted molar refractivity (Wildman–Crippen MR) is 85.0 cm³/mol. The quantitative estimate of drug-likeness (QED) is 0.732. The Morgan fingerprint density at radius 2 is 1.95 bits per heavy atom. The fourth-order valence-electron chi connectivity index (χ4n) is 1.77. The molecular formula is C16H26ClNO2. The lowest BCUT2D eigenvalue weighted by Crippen LogP contribution is -2.24. The second kappa shape index (κ2) is 9.09. The van der Waals surface area contributed by atoms with Gasteiger partial charge >= 0.3 is 0 Å². The number of nitrogens with one attached hydrogen (secondary N) is 1. The molecule has 0 aliphatic rings. The maximum atomic E-state index is 6.32. The second-order valence-electron chi connectivity index (χ2n) is 4.88. The highest BCUT2D eigenvalue weighted by atomic mass is 35.5. The molecule has 0 saturated carbocycles. The summed E-state index contributed by atoms with van der Waals surface area (Å²) in [4.78, 5) is 0. The molecule has 0 aliphatic carbocycles. The monoisotopic (exact) mass is 299 g/mol. The van der Waals surface area contributed by atoms with Crippen LogP contribution in [0.1, 0.15) is 46.1 Å². The van der Waals surface area contributed by atoms with Crippen molar-refractivity contribution in [3.05, 3.63) is 22.7 Å². The zero-order chi connectivity index (χ0) is 15.0. The smallest absolute Gasteiger partial charge is 0.179 e. The largest absolute Gasteiger partial charge is 0.490 e. The van der Waals surface area contributed by atoms with Gasteiger partial charge in [-0.1, -0.05) is 25.4 Å². The van der Waals surface area contributed by atoms with Gasteiger partial charge in [0, 0.05) is 12.6 Å². The molecule has 0 radical (unpaired) electrons. The highest BCUT2D eigenvalue weighted by Crippen LogP contribution is 2.36. The normalized spacial score (nSPS) is 12.2. The van der Waals surface area contributed by atoms with Gasteiger partial charge in [0.25, 0.3) is 0 Å². The minimum absolute atomic E-state index is 0.486. The van der Waals surface area contributed by atoms with Crippen molar-refractivity contribution >= 4 is 11.6 Å². The zero-order valence-electron chi connectivity index (χ0n) is 13.0. The number of hydrogen-bond donors (Lipinski definition) is 1. The van der Waals surface area contributed by atoms with Gasteiger partial charge in [0.15, 0.2) is 11.5 Å². The van der Waals surface area contributed by atoms with Crippen molar-refractivity contribution in [3.8, 4) is 11.5 Å². The van der Waals surface area contributed by atoms with E-state index in [0.29, 0.717) is 30.0 Å². The Morgan fingerprint density at radius 3 is 2.55 bits per heavy atom. The van der Waals surface area contributed by atoms with Crippen molar-refractivity contribution in [1.29, 1.82) is 0 Å². The second-order valence-corrected chi connectivity index (χ2v) is 5.28. The lowest BCUT2D eigenvalue weighted by Gasteiger charge is -2.16. The van der Waals surface area contributed by atoms with E-state index in [-0.39, 0.29) is 0 Å². The van der Waals surface area contributed by atoms with Crippen LogP contribution < -0.4 is 14.8 Å². The van der Waals surface area contributed by atoms with Crippen molar-refractivity contribution in [2.75, 3.05) is 13.2 Å². The first-order chi connectivity index (χ1) is 9.62. The first kappa shape index (κ1) is 17.1. The molecule has 3 nitrogen and oxygen atoms in total. The predicted octanol–water partition coefficient (Wildman–Crippen LogP) is 4.42. The van der Waals surface area contributed by atoms with Crippen LogP contribution in [0.5, 0.6) is 11.5 Å². The molecule has 0 saturated heterocycles. The lowest BCUT2D eigenvalue weighted by molar-refractivity contribution is 0.276. The van der Waals surface area contributed by atoms with Gasteiger partial charge in [-0.25, -0.2) is 0 Å². The molecule has 1 rings (SSSR count). The van der Waals surface area contributed by atoms with Crippen molar-refractivity contribution < 1.29 is 9.47 Å². The van der Waals surface area contributed by atoms with E-state index in [2.05, 4.69) is 26.1 Å². The Labute approximate surface area is 127 Å². The van der Waals surface area contributed by atoms with Gasteiger partial charge in [-0.3, -0.25) is 0 Å². The number of halogens is 1. The molecule has 0 amide bonds. The summed E-state index contributed by atoms with van der Waals surface area (Å²) < 4.78 is 11.3. The average Bonchev–Trinajstić information content (AvgIpc) is 2.44. The summed E-state index contributed by atoms with van der Waals surface area (Å²) in [5, 5.41) is 4.07. The Balaban J connectivity index is 2.87. The van der Waals surface area contributed by atoms with Crippen molar-refractivity contribution in [2.24, 2.45) is 0 Å². The Bertz CT molecular complexity index is 410. The minimum Gasteiger partial charge on any atom is -0.490 e. The molecule has 1 atom stereocenters. The van der Waals surface area contributed by atoms with E-state index < -0.39 is 0 Å². The molecule has 1 aromatic rings. The molecule has 4 heteroatoms. The van der Waals surface area contributed by atoms with E-state index >= 15 is 0 Å². The van der Waals surface area contributed by atoms with E-state index in [0.717, 1.165) is 30.7 Å². The van der Waals surface area contributed by atoms with Crippen LogP contribution in [0.2, 0.25) is 5.02 Å². The van der Waals surface area contributed by atoms with Gasteiger partial charge < -0.3 is 14.8 Å². The Kier molecular flexibility index (Phi) is 7.78. The zero-order valence-corrected chi connectivity index (χ0v) is 13.7. The molecule has 114 valence electrons. The van der Waals surface area contributed by atoms with Gasteiger partial charge in [0.1, 0.15) is 0 Å². The molecular weight excluding hydrogens is 274 g/mol. The molecule has 1 aromatic carbocycles. The topological polar surface area (TPSA) is 30.5 Å². The third-order valence-corrected chi connectivity index (χ3v) is 3.37. The van der Waals surface area contributed by atoms with E-state index in [1.807, 2.05) is 19.1 Å². The SMILES string of the molecule is CCCOc1c(Cl)cc(CN[C@@H](C)CC)cc1OCC. The summed E-state index contributed by atoms with van der Waals surface area (Å²) >= 11 is 6.32. The van der Waals surface area contributed by atoms with Crippen LogP contribution in [0.25, 0.3) is 0 Å². The van der Waals surface area contributed by atoms with Gasteiger partial charge in [-0.2, -0.15) is 0 Å².